The lowest BCUT2D eigenvalue weighted by Gasteiger charge is -2.19. The Morgan fingerprint density at radius 1 is 1.23 bits per heavy atom. The zero-order valence-electron chi connectivity index (χ0n) is 15.1. The molecule has 1 aliphatic heterocycles. The van der Waals surface area contributed by atoms with Crippen molar-refractivity contribution in [2.24, 2.45) is 7.05 Å². The van der Waals surface area contributed by atoms with Crippen molar-refractivity contribution in [3.05, 3.63) is 65.7 Å². The van der Waals surface area contributed by atoms with E-state index in [-0.39, 0.29) is 5.75 Å². The molecule has 1 N–H and O–H groups in total. The van der Waals surface area contributed by atoms with Crippen LogP contribution in [0.4, 0.5) is 0 Å². The maximum Gasteiger partial charge on any atom is 0.165 e. The monoisotopic (exact) mass is 349 g/mol. The number of phenols is 1. The Morgan fingerprint density at radius 3 is 2.85 bits per heavy atom. The summed E-state index contributed by atoms with van der Waals surface area (Å²) in [7, 11) is 2.01. The molecule has 5 nitrogen and oxygen atoms in total. The number of imidazole rings is 1. The summed E-state index contributed by atoms with van der Waals surface area (Å²) in [6.45, 7) is 4.90. The number of ether oxygens (including phenoxy) is 1. The summed E-state index contributed by atoms with van der Waals surface area (Å²) in [6, 6.07) is 12.2. The SMILES string of the molecule is Cc1ccccc1-c1cc(O)c2c(c1)CN(Cc1nccn1C)CCO2. The molecule has 0 spiro atoms. The van der Waals surface area contributed by atoms with E-state index in [2.05, 4.69) is 35.0 Å². The van der Waals surface area contributed by atoms with Gasteiger partial charge in [-0.2, -0.15) is 0 Å². The zero-order chi connectivity index (χ0) is 18.1. The molecule has 0 saturated carbocycles. The van der Waals surface area contributed by atoms with Crippen LogP contribution in [0, 0.1) is 6.92 Å². The van der Waals surface area contributed by atoms with Crippen LogP contribution >= 0.6 is 0 Å². The zero-order valence-corrected chi connectivity index (χ0v) is 15.1. The second kappa shape index (κ2) is 6.84. The van der Waals surface area contributed by atoms with Gasteiger partial charge in [-0.1, -0.05) is 24.3 Å². The second-order valence-corrected chi connectivity index (χ2v) is 6.81. The third-order valence-electron chi connectivity index (χ3n) is 4.94. The van der Waals surface area contributed by atoms with Crippen LogP contribution in [0.2, 0.25) is 0 Å². The number of hydrogen-bond acceptors (Lipinski definition) is 4. The van der Waals surface area contributed by atoms with E-state index in [0.717, 1.165) is 42.1 Å². The van der Waals surface area contributed by atoms with E-state index in [1.165, 1.54) is 5.56 Å². The third-order valence-corrected chi connectivity index (χ3v) is 4.94. The van der Waals surface area contributed by atoms with Crippen molar-refractivity contribution in [2.75, 3.05) is 13.2 Å². The predicted molar refractivity (Wildman–Crippen MR) is 101 cm³/mol. The number of aromatic hydroxyl groups is 1. The Labute approximate surface area is 153 Å². The predicted octanol–water partition coefficient (Wildman–Crippen LogP) is 3.50. The summed E-state index contributed by atoms with van der Waals surface area (Å²) in [5.74, 6) is 1.83. The van der Waals surface area contributed by atoms with Gasteiger partial charge in [0, 0.05) is 38.1 Å². The molecular weight excluding hydrogens is 326 g/mol. The topological polar surface area (TPSA) is 50.5 Å². The number of benzene rings is 2. The van der Waals surface area contributed by atoms with Gasteiger partial charge in [0.05, 0.1) is 6.54 Å². The highest BCUT2D eigenvalue weighted by Crippen LogP contribution is 2.38. The minimum Gasteiger partial charge on any atom is -0.504 e. The first-order valence-electron chi connectivity index (χ1n) is 8.85. The molecule has 3 aromatic rings. The fraction of sp³-hybridized carbons (Fsp3) is 0.286. The van der Waals surface area contributed by atoms with E-state index in [9.17, 15) is 5.11 Å². The first-order valence-corrected chi connectivity index (χ1v) is 8.85. The molecule has 0 saturated heterocycles. The van der Waals surface area contributed by atoms with Gasteiger partial charge in [-0.05, 0) is 35.7 Å². The lowest BCUT2D eigenvalue weighted by atomic mass is 9.98. The van der Waals surface area contributed by atoms with Crippen LogP contribution in [0.25, 0.3) is 11.1 Å². The summed E-state index contributed by atoms with van der Waals surface area (Å²) in [5.41, 5.74) is 4.34. The lowest BCUT2D eigenvalue weighted by molar-refractivity contribution is 0.212. The molecule has 0 fully saturated rings. The fourth-order valence-corrected chi connectivity index (χ4v) is 3.49. The molecular formula is C21H23N3O2. The van der Waals surface area contributed by atoms with Crippen LogP contribution in [0.1, 0.15) is 17.0 Å². The van der Waals surface area contributed by atoms with Gasteiger partial charge >= 0.3 is 0 Å². The molecule has 1 aliphatic rings. The Morgan fingerprint density at radius 2 is 2.08 bits per heavy atom. The van der Waals surface area contributed by atoms with Crippen molar-refractivity contribution in [3.8, 4) is 22.6 Å². The molecule has 1 aromatic heterocycles. The van der Waals surface area contributed by atoms with Crippen molar-refractivity contribution in [1.82, 2.24) is 14.5 Å². The summed E-state index contributed by atoms with van der Waals surface area (Å²) in [6.07, 6.45) is 3.78. The molecule has 4 rings (SSSR count). The molecule has 2 aromatic carbocycles. The standard InChI is InChI=1S/C21H23N3O2/c1-15-5-3-4-6-18(15)16-11-17-13-24(14-20-22-7-8-23(20)2)9-10-26-21(17)19(25)12-16/h3-8,11-12,25H,9-10,13-14H2,1-2H3. The molecule has 0 atom stereocenters. The molecule has 0 aliphatic carbocycles. The van der Waals surface area contributed by atoms with Crippen LogP contribution in [0.15, 0.2) is 48.8 Å². The average molecular weight is 349 g/mol. The van der Waals surface area contributed by atoms with Gasteiger partial charge < -0.3 is 14.4 Å². The molecule has 5 heteroatoms. The molecule has 0 bridgehead atoms. The maximum atomic E-state index is 10.5. The number of rotatable bonds is 3. The Kier molecular flexibility index (Phi) is 4.39. The summed E-state index contributed by atoms with van der Waals surface area (Å²) >= 11 is 0. The molecule has 0 radical (unpaired) electrons. The smallest absolute Gasteiger partial charge is 0.165 e. The largest absolute Gasteiger partial charge is 0.504 e. The van der Waals surface area contributed by atoms with Gasteiger partial charge in [0.15, 0.2) is 11.5 Å². The van der Waals surface area contributed by atoms with Crippen LogP contribution in [-0.2, 0) is 20.1 Å². The molecule has 134 valence electrons. The van der Waals surface area contributed by atoms with Crippen LogP contribution in [-0.4, -0.2) is 32.7 Å². The van der Waals surface area contributed by atoms with E-state index >= 15 is 0 Å². The summed E-state index contributed by atoms with van der Waals surface area (Å²) < 4.78 is 7.90. The number of aromatic nitrogens is 2. The maximum absolute atomic E-state index is 10.5. The number of hydrogen-bond donors (Lipinski definition) is 1. The Balaban J connectivity index is 1.68. The van der Waals surface area contributed by atoms with Gasteiger partial charge in [-0.3, -0.25) is 4.90 Å². The number of fused-ring (bicyclic) bond motifs is 1. The van der Waals surface area contributed by atoms with E-state index in [4.69, 9.17) is 4.74 Å². The highest BCUT2D eigenvalue weighted by molar-refractivity contribution is 5.71. The van der Waals surface area contributed by atoms with Crippen molar-refractivity contribution in [3.63, 3.8) is 0 Å². The van der Waals surface area contributed by atoms with Gasteiger partial charge in [0.2, 0.25) is 0 Å². The Hall–Kier alpha value is -2.79. The van der Waals surface area contributed by atoms with Gasteiger partial charge in [-0.15, -0.1) is 0 Å². The van der Waals surface area contributed by atoms with Crippen LogP contribution < -0.4 is 4.74 Å². The van der Waals surface area contributed by atoms with Gasteiger partial charge in [-0.25, -0.2) is 4.98 Å². The van der Waals surface area contributed by atoms with Crippen molar-refractivity contribution in [2.45, 2.75) is 20.0 Å². The Bertz CT molecular complexity index is 933. The summed E-state index contributed by atoms with van der Waals surface area (Å²) in [5, 5.41) is 10.5. The quantitative estimate of drug-likeness (QED) is 0.786. The highest BCUT2D eigenvalue weighted by atomic mass is 16.5. The van der Waals surface area contributed by atoms with E-state index in [1.54, 1.807) is 6.07 Å². The molecule has 0 unspecified atom stereocenters. The van der Waals surface area contributed by atoms with Gasteiger partial charge in [0.25, 0.3) is 0 Å². The summed E-state index contributed by atoms with van der Waals surface area (Å²) in [4.78, 5) is 6.72. The molecule has 26 heavy (non-hydrogen) atoms. The molecule has 2 heterocycles. The fourth-order valence-electron chi connectivity index (χ4n) is 3.49. The van der Waals surface area contributed by atoms with E-state index in [0.29, 0.717) is 12.4 Å². The normalized spacial score (nSPS) is 14.5. The van der Waals surface area contributed by atoms with Gasteiger partial charge in [0.1, 0.15) is 12.4 Å². The van der Waals surface area contributed by atoms with Crippen molar-refractivity contribution >= 4 is 0 Å². The number of phenolic OH excluding ortho intramolecular Hbond substituents is 1. The number of nitrogens with zero attached hydrogens (tertiary/aromatic N) is 3. The molecule has 0 amide bonds. The average Bonchev–Trinajstić information content (AvgIpc) is 2.90. The van der Waals surface area contributed by atoms with Crippen molar-refractivity contribution < 1.29 is 9.84 Å². The van der Waals surface area contributed by atoms with E-state index in [1.807, 2.05) is 36.1 Å². The second-order valence-electron chi connectivity index (χ2n) is 6.81. The lowest BCUT2D eigenvalue weighted by Crippen LogP contribution is -2.26. The van der Waals surface area contributed by atoms with Crippen LogP contribution in [0.3, 0.4) is 0 Å². The first kappa shape index (κ1) is 16.7. The minimum absolute atomic E-state index is 0.208. The highest BCUT2D eigenvalue weighted by Gasteiger charge is 2.21. The number of aryl methyl sites for hydroxylation is 2. The third kappa shape index (κ3) is 3.18. The van der Waals surface area contributed by atoms with Crippen molar-refractivity contribution in [1.29, 1.82) is 0 Å². The first-order chi connectivity index (χ1) is 12.6. The van der Waals surface area contributed by atoms with E-state index < -0.39 is 0 Å². The minimum atomic E-state index is 0.208. The van der Waals surface area contributed by atoms with Crippen LogP contribution in [0.5, 0.6) is 11.5 Å².